The molecular weight excluding hydrogens is 292 g/mol. The molecule has 0 aromatic carbocycles. The molecular formula is C16H26N6O. The van der Waals surface area contributed by atoms with Gasteiger partial charge in [-0.05, 0) is 33.1 Å². The average Bonchev–Trinajstić information content (AvgIpc) is 3.19. The van der Waals surface area contributed by atoms with Crippen LogP contribution in [-0.2, 0) is 19.4 Å². The molecule has 1 aliphatic heterocycles. The van der Waals surface area contributed by atoms with Crippen LogP contribution < -0.4 is 5.32 Å². The Labute approximate surface area is 136 Å². The van der Waals surface area contributed by atoms with Gasteiger partial charge in [-0.25, -0.2) is 0 Å². The number of rotatable bonds is 7. The Bertz CT molecular complexity index is 634. The molecule has 2 atom stereocenters. The molecule has 1 N–H and O–H groups in total. The summed E-state index contributed by atoms with van der Waals surface area (Å²) in [7, 11) is 0. The van der Waals surface area contributed by atoms with Gasteiger partial charge in [0.25, 0.3) is 0 Å². The Balaban J connectivity index is 1.64. The summed E-state index contributed by atoms with van der Waals surface area (Å²) >= 11 is 0. The molecule has 3 rings (SSSR count). The third-order valence-electron chi connectivity index (χ3n) is 4.38. The Kier molecular flexibility index (Phi) is 5.05. The maximum absolute atomic E-state index is 5.39. The Morgan fingerprint density at radius 3 is 2.91 bits per heavy atom. The third-order valence-corrected chi connectivity index (χ3v) is 4.38. The fourth-order valence-electron chi connectivity index (χ4n) is 3.05. The monoisotopic (exact) mass is 318 g/mol. The van der Waals surface area contributed by atoms with Crippen molar-refractivity contribution >= 4 is 0 Å². The second-order valence-corrected chi connectivity index (χ2v) is 6.35. The SMILES string of the molecule is CCCCc1noc([C@H](C)N[C@H](C)c2nnc3n2CCCC3)n1. The van der Waals surface area contributed by atoms with Gasteiger partial charge < -0.3 is 9.09 Å². The lowest BCUT2D eigenvalue weighted by Crippen LogP contribution is -2.26. The van der Waals surface area contributed by atoms with E-state index in [-0.39, 0.29) is 12.1 Å². The molecule has 7 nitrogen and oxygen atoms in total. The summed E-state index contributed by atoms with van der Waals surface area (Å²) < 4.78 is 7.63. The smallest absolute Gasteiger partial charge is 0.243 e. The summed E-state index contributed by atoms with van der Waals surface area (Å²) in [6, 6.07) is 0.0831. The number of aryl methyl sites for hydroxylation is 2. The lowest BCUT2D eigenvalue weighted by molar-refractivity contribution is 0.320. The van der Waals surface area contributed by atoms with Crippen LogP contribution in [0.25, 0.3) is 0 Å². The van der Waals surface area contributed by atoms with E-state index < -0.39 is 0 Å². The summed E-state index contributed by atoms with van der Waals surface area (Å²) in [4.78, 5) is 4.49. The number of nitrogens with zero attached hydrogens (tertiary/aromatic N) is 5. The highest BCUT2D eigenvalue weighted by molar-refractivity contribution is 5.04. The summed E-state index contributed by atoms with van der Waals surface area (Å²) in [6.07, 6.45) is 6.53. The quantitative estimate of drug-likeness (QED) is 0.845. The molecule has 1 aliphatic rings. The second-order valence-electron chi connectivity index (χ2n) is 6.35. The summed E-state index contributed by atoms with van der Waals surface area (Å²) in [5.41, 5.74) is 0. The van der Waals surface area contributed by atoms with E-state index in [0.29, 0.717) is 5.89 Å². The number of fused-ring (bicyclic) bond motifs is 1. The minimum absolute atomic E-state index is 0.00980. The van der Waals surface area contributed by atoms with Gasteiger partial charge in [-0.2, -0.15) is 4.98 Å². The van der Waals surface area contributed by atoms with Crippen molar-refractivity contribution in [2.45, 2.75) is 77.9 Å². The molecule has 3 heterocycles. The first kappa shape index (κ1) is 16.1. The molecule has 2 aromatic rings. The molecule has 23 heavy (non-hydrogen) atoms. The van der Waals surface area contributed by atoms with Crippen molar-refractivity contribution in [3.05, 3.63) is 23.4 Å². The maximum Gasteiger partial charge on any atom is 0.243 e. The van der Waals surface area contributed by atoms with Crippen LogP contribution in [0.2, 0.25) is 0 Å². The first-order valence-electron chi connectivity index (χ1n) is 8.69. The lowest BCUT2D eigenvalue weighted by atomic mass is 10.1. The van der Waals surface area contributed by atoms with Crippen molar-refractivity contribution in [3.8, 4) is 0 Å². The van der Waals surface area contributed by atoms with E-state index in [1.54, 1.807) is 0 Å². The zero-order chi connectivity index (χ0) is 16.2. The van der Waals surface area contributed by atoms with Gasteiger partial charge in [-0.3, -0.25) is 5.32 Å². The molecule has 7 heteroatoms. The Morgan fingerprint density at radius 1 is 1.22 bits per heavy atom. The van der Waals surface area contributed by atoms with Gasteiger partial charge in [0.2, 0.25) is 5.89 Å². The highest BCUT2D eigenvalue weighted by Crippen LogP contribution is 2.21. The average molecular weight is 318 g/mol. The van der Waals surface area contributed by atoms with Gasteiger partial charge in [0.15, 0.2) is 5.82 Å². The Hall–Kier alpha value is -1.76. The Morgan fingerprint density at radius 2 is 2.09 bits per heavy atom. The predicted octanol–water partition coefficient (Wildman–Crippen LogP) is 2.75. The van der Waals surface area contributed by atoms with Crippen LogP contribution in [0.3, 0.4) is 0 Å². The number of unbranched alkanes of at least 4 members (excludes halogenated alkanes) is 1. The van der Waals surface area contributed by atoms with Gasteiger partial charge in [0.05, 0.1) is 12.1 Å². The largest absolute Gasteiger partial charge is 0.338 e. The van der Waals surface area contributed by atoms with Gasteiger partial charge in [-0.15, -0.1) is 10.2 Å². The van der Waals surface area contributed by atoms with Crippen LogP contribution in [0.5, 0.6) is 0 Å². The van der Waals surface area contributed by atoms with Gasteiger partial charge >= 0.3 is 0 Å². The van der Waals surface area contributed by atoms with Crippen molar-refractivity contribution in [2.75, 3.05) is 0 Å². The highest BCUT2D eigenvalue weighted by Gasteiger charge is 2.23. The summed E-state index contributed by atoms with van der Waals surface area (Å²) in [5.74, 6) is 3.54. The van der Waals surface area contributed by atoms with Gasteiger partial charge in [-0.1, -0.05) is 18.5 Å². The first-order chi connectivity index (χ1) is 11.2. The predicted molar refractivity (Wildman–Crippen MR) is 85.8 cm³/mol. The molecule has 2 aromatic heterocycles. The maximum atomic E-state index is 5.39. The molecule has 0 unspecified atom stereocenters. The van der Waals surface area contributed by atoms with Gasteiger partial charge in [0, 0.05) is 19.4 Å². The molecule has 0 fully saturated rings. The standard InChI is InChI=1S/C16H26N6O/c1-4-5-8-13-18-16(23-21-13)12(3)17-11(2)15-20-19-14-9-6-7-10-22(14)15/h11-12,17H,4-10H2,1-3H3/t11-,12+/m1/s1. The van der Waals surface area contributed by atoms with Crippen LogP contribution in [0.4, 0.5) is 0 Å². The van der Waals surface area contributed by atoms with E-state index in [1.165, 1.54) is 12.8 Å². The zero-order valence-corrected chi connectivity index (χ0v) is 14.2. The normalized spacial score (nSPS) is 17.0. The van der Waals surface area contributed by atoms with Crippen LogP contribution in [-0.4, -0.2) is 24.9 Å². The molecule has 0 saturated heterocycles. The summed E-state index contributed by atoms with van der Waals surface area (Å²) in [5, 5.41) is 16.2. The third kappa shape index (κ3) is 3.60. The van der Waals surface area contributed by atoms with Crippen LogP contribution >= 0.6 is 0 Å². The molecule has 126 valence electrons. The highest BCUT2D eigenvalue weighted by atomic mass is 16.5. The van der Waals surface area contributed by atoms with Crippen molar-refractivity contribution < 1.29 is 4.52 Å². The van der Waals surface area contributed by atoms with Crippen LogP contribution in [0.15, 0.2) is 4.52 Å². The first-order valence-corrected chi connectivity index (χ1v) is 8.69. The van der Waals surface area contributed by atoms with E-state index in [4.69, 9.17) is 4.52 Å². The number of aromatic nitrogens is 5. The molecule has 0 amide bonds. The summed E-state index contributed by atoms with van der Waals surface area (Å²) in [6.45, 7) is 7.32. The zero-order valence-electron chi connectivity index (χ0n) is 14.2. The van der Waals surface area contributed by atoms with E-state index in [2.05, 4.69) is 44.1 Å². The molecule has 0 radical (unpaired) electrons. The van der Waals surface area contributed by atoms with E-state index in [0.717, 1.165) is 49.7 Å². The fourth-order valence-corrected chi connectivity index (χ4v) is 3.05. The fraction of sp³-hybridized carbons (Fsp3) is 0.750. The minimum atomic E-state index is -0.00980. The molecule has 0 bridgehead atoms. The van der Waals surface area contributed by atoms with Crippen LogP contribution in [0, 0.1) is 0 Å². The van der Waals surface area contributed by atoms with Crippen LogP contribution in [0.1, 0.15) is 81.9 Å². The minimum Gasteiger partial charge on any atom is -0.338 e. The van der Waals surface area contributed by atoms with Crippen molar-refractivity contribution in [1.29, 1.82) is 0 Å². The topological polar surface area (TPSA) is 81.7 Å². The second kappa shape index (κ2) is 7.21. The lowest BCUT2D eigenvalue weighted by Gasteiger charge is -2.20. The van der Waals surface area contributed by atoms with Crippen molar-refractivity contribution in [2.24, 2.45) is 0 Å². The van der Waals surface area contributed by atoms with Crippen molar-refractivity contribution in [1.82, 2.24) is 30.2 Å². The van der Waals surface area contributed by atoms with E-state index in [9.17, 15) is 0 Å². The van der Waals surface area contributed by atoms with Gasteiger partial charge in [0.1, 0.15) is 11.6 Å². The van der Waals surface area contributed by atoms with Crippen molar-refractivity contribution in [3.63, 3.8) is 0 Å². The van der Waals surface area contributed by atoms with E-state index >= 15 is 0 Å². The number of nitrogens with one attached hydrogen (secondary N) is 1. The number of hydrogen-bond acceptors (Lipinski definition) is 6. The van der Waals surface area contributed by atoms with E-state index in [1.807, 2.05) is 6.92 Å². The molecule has 0 saturated carbocycles. The molecule has 0 spiro atoms. The molecule has 0 aliphatic carbocycles. The number of hydrogen-bond donors (Lipinski definition) is 1.